The Morgan fingerprint density at radius 3 is 2.39 bits per heavy atom. The monoisotopic (exact) mass is 248 g/mol. The molecule has 0 unspecified atom stereocenters. The molecule has 4 nitrogen and oxygen atoms in total. The number of aliphatic imine (C=N–C) groups is 1. The van der Waals surface area contributed by atoms with Crippen molar-refractivity contribution in [2.45, 2.75) is 13.3 Å². The summed E-state index contributed by atoms with van der Waals surface area (Å²) >= 11 is 0. The average molecular weight is 248 g/mol. The first-order chi connectivity index (χ1) is 8.63. The van der Waals surface area contributed by atoms with E-state index in [-0.39, 0.29) is 0 Å². The van der Waals surface area contributed by atoms with Crippen LogP contribution >= 0.6 is 0 Å². The van der Waals surface area contributed by atoms with Crippen LogP contribution in [0.4, 0.5) is 5.69 Å². The Kier molecular flexibility index (Phi) is 6.22. The molecule has 0 saturated heterocycles. The first-order valence-electron chi connectivity index (χ1n) is 6.42. The minimum atomic E-state index is 0.599. The Morgan fingerprint density at radius 2 is 1.83 bits per heavy atom. The van der Waals surface area contributed by atoms with Crippen LogP contribution in [0.25, 0.3) is 0 Å². The van der Waals surface area contributed by atoms with Crippen molar-refractivity contribution in [3.63, 3.8) is 0 Å². The molecule has 0 bridgehead atoms. The van der Waals surface area contributed by atoms with Gasteiger partial charge in [-0.3, -0.25) is 0 Å². The number of hydrogen-bond acceptors (Lipinski definition) is 2. The highest BCUT2D eigenvalue weighted by molar-refractivity contribution is 5.81. The van der Waals surface area contributed by atoms with Crippen molar-refractivity contribution < 1.29 is 0 Å². The van der Waals surface area contributed by atoms with Crippen LogP contribution in [-0.4, -0.2) is 49.5 Å². The van der Waals surface area contributed by atoms with E-state index in [0.29, 0.717) is 5.96 Å². The molecule has 0 amide bonds. The number of benzene rings is 1. The summed E-state index contributed by atoms with van der Waals surface area (Å²) in [7, 11) is 4.16. The third-order valence-electron chi connectivity index (χ3n) is 2.74. The smallest absolute Gasteiger partial charge is 0.196 e. The molecule has 0 aliphatic heterocycles. The maximum absolute atomic E-state index is 6.04. The van der Waals surface area contributed by atoms with Crippen molar-refractivity contribution in [2.75, 3.05) is 33.7 Å². The summed E-state index contributed by atoms with van der Waals surface area (Å²) in [6, 6.07) is 9.83. The van der Waals surface area contributed by atoms with Gasteiger partial charge in [0.2, 0.25) is 0 Å². The highest BCUT2D eigenvalue weighted by Crippen LogP contribution is 2.10. The maximum Gasteiger partial charge on any atom is 0.196 e. The molecule has 0 saturated carbocycles. The predicted molar refractivity (Wildman–Crippen MR) is 78.1 cm³/mol. The molecular weight excluding hydrogens is 224 g/mol. The van der Waals surface area contributed by atoms with E-state index < -0.39 is 0 Å². The van der Waals surface area contributed by atoms with Crippen LogP contribution in [0.15, 0.2) is 35.3 Å². The minimum Gasteiger partial charge on any atom is -0.369 e. The molecule has 0 fully saturated rings. The van der Waals surface area contributed by atoms with Gasteiger partial charge in [0, 0.05) is 13.1 Å². The summed E-state index contributed by atoms with van der Waals surface area (Å²) in [5.41, 5.74) is 6.94. The standard InChI is InChI=1S/C14H24N4/c1-4-18(12-8-11-17(2)3)14(15)16-13-9-6-5-7-10-13/h5-7,9-10H,4,8,11-12H2,1-3H3,(H2,15,16). The molecule has 4 heteroatoms. The third-order valence-corrected chi connectivity index (χ3v) is 2.74. The summed E-state index contributed by atoms with van der Waals surface area (Å²) in [6.07, 6.45) is 1.09. The fraction of sp³-hybridized carbons (Fsp3) is 0.500. The highest BCUT2D eigenvalue weighted by atomic mass is 15.2. The molecule has 18 heavy (non-hydrogen) atoms. The van der Waals surface area contributed by atoms with Crippen molar-refractivity contribution >= 4 is 11.6 Å². The van der Waals surface area contributed by atoms with Crippen molar-refractivity contribution in [3.05, 3.63) is 30.3 Å². The van der Waals surface area contributed by atoms with Crippen LogP contribution in [0.1, 0.15) is 13.3 Å². The Balaban J connectivity index is 2.56. The lowest BCUT2D eigenvalue weighted by Crippen LogP contribution is -2.38. The molecule has 1 aromatic rings. The molecule has 2 N–H and O–H groups in total. The lowest BCUT2D eigenvalue weighted by Gasteiger charge is -2.22. The van der Waals surface area contributed by atoms with Crippen molar-refractivity contribution in [3.8, 4) is 0 Å². The van der Waals surface area contributed by atoms with E-state index in [1.807, 2.05) is 30.3 Å². The molecule has 0 heterocycles. The Labute approximate surface area is 110 Å². The van der Waals surface area contributed by atoms with E-state index in [0.717, 1.165) is 31.7 Å². The second-order valence-corrected chi connectivity index (χ2v) is 4.54. The number of nitrogens with zero attached hydrogens (tertiary/aromatic N) is 3. The quantitative estimate of drug-likeness (QED) is 0.618. The third kappa shape index (κ3) is 5.19. The minimum absolute atomic E-state index is 0.599. The van der Waals surface area contributed by atoms with Crippen LogP contribution < -0.4 is 5.73 Å². The summed E-state index contributed by atoms with van der Waals surface area (Å²) in [5.74, 6) is 0.599. The van der Waals surface area contributed by atoms with Gasteiger partial charge >= 0.3 is 0 Å². The Hall–Kier alpha value is -1.55. The van der Waals surface area contributed by atoms with Crippen molar-refractivity contribution in [2.24, 2.45) is 10.7 Å². The molecule has 0 aliphatic rings. The lowest BCUT2D eigenvalue weighted by molar-refractivity contribution is 0.353. The van der Waals surface area contributed by atoms with Crippen LogP contribution in [0.2, 0.25) is 0 Å². The average Bonchev–Trinajstić information content (AvgIpc) is 2.35. The van der Waals surface area contributed by atoms with Crippen LogP contribution in [-0.2, 0) is 0 Å². The molecule has 0 atom stereocenters. The molecule has 0 aromatic heterocycles. The number of guanidine groups is 1. The van der Waals surface area contributed by atoms with Gasteiger partial charge in [0.15, 0.2) is 5.96 Å². The van der Waals surface area contributed by atoms with Gasteiger partial charge < -0.3 is 15.5 Å². The molecular formula is C14H24N4. The highest BCUT2D eigenvalue weighted by Gasteiger charge is 2.05. The fourth-order valence-corrected chi connectivity index (χ4v) is 1.72. The summed E-state index contributed by atoms with van der Waals surface area (Å²) < 4.78 is 0. The summed E-state index contributed by atoms with van der Waals surface area (Å²) in [4.78, 5) is 8.72. The second-order valence-electron chi connectivity index (χ2n) is 4.54. The zero-order valence-corrected chi connectivity index (χ0v) is 11.6. The summed E-state index contributed by atoms with van der Waals surface area (Å²) in [6.45, 7) is 4.99. The Morgan fingerprint density at radius 1 is 1.17 bits per heavy atom. The molecule has 0 radical (unpaired) electrons. The first-order valence-corrected chi connectivity index (χ1v) is 6.42. The first kappa shape index (κ1) is 14.5. The van der Waals surface area contributed by atoms with Gasteiger partial charge in [0.05, 0.1) is 5.69 Å². The van der Waals surface area contributed by atoms with Gasteiger partial charge in [-0.2, -0.15) is 0 Å². The molecule has 100 valence electrons. The maximum atomic E-state index is 6.04. The van der Waals surface area contributed by atoms with Gasteiger partial charge in [-0.15, -0.1) is 0 Å². The van der Waals surface area contributed by atoms with E-state index in [9.17, 15) is 0 Å². The number of para-hydroxylation sites is 1. The topological polar surface area (TPSA) is 44.9 Å². The zero-order chi connectivity index (χ0) is 13.4. The number of nitrogens with two attached hydrogens (primary N) is 1. The Bertz CT molecular complexity index is 359. The molecule has 0 spiro atoms. The molecule has 0 aliphatic carbocycles. The van der Waals surface area contributed by atoms with E-state index in [2.05, 4.69) is 35.8 Å². The van der Waals surface area contributed by atoms with E-state index in [1.54, 1.807) is 0 Å². The van der Waals surface area contributed by atoms with Crippen LogP contribution in [0, 0.1) is 0 Å². The van der Waals surface area contributed by atoms with Gasteiger partial charge in [-0.25, -0.2) is 4.99 Å². The number of rotatable bonds is 6. The SMILES string of the molecule is CCN(CCCN(C)C)C(N)=Nc1ccccc1. The van der Waals surface area contributed by atoms with Gasteiger partial charge in [-0.05, 0) is 46.1 Å². The zero-order valence-electron chi connectivity index (χ0n) is 11.6. The fourth-order valence-electron chi connectivity index (χ4n) is 1.72. The van der Waals surface area contributed by atoms with Gasteiger partial charge in [0.1, 0.15) is 0 Å². The van der Waals surface area contributed by atoms with E-state index >= 15 is 0 Å². The lowest BCUT2D eigenvalue weighted by atomic mass is 10.3. The number of hydrogen-bond donors (Lipinski definition) is 1. The molecule has 1 rings (SSSR count). The predicted octanol–water partition coefficient (Wildman–Crippen LogP) is 1.91. The van der Waals surface area contributed by atoms with Crippen molar-refractivity contribution in [1.82, 2.24) is 9.80 Å². The van der Waals surface area contributed by atoms with E-state index in [4.69, 9.17) is 5.73 Å². The van der Waals surface area contributed by atoms with Gasteiger partial charge in [-0.1, -0.05) is 18.2 Å². The van der Waals surface area contributed by atoms with E-state index in [1.165, 1.54) is 0 Å². The van der Waals surface area contributed by atoms with Gasteiger partial charge in [0.25, 0.3) is 0 Å². The molecule has 1 aromatic carbocycles. The van der Waals surface area contributed by atoms with Crippen molar-refractivity contribution in [1.29, 1.82) is 0 Å². The normalized spacial score (nSPS) is 11.9. The second kappa shape index (κ2) is 7.71. The van der Waals surface area contributed by atoms with Crippen LogP contribution in [0.5, 0.6) is 0 Å². The van der Waals surface area contributed by atoms with Crippen LogP contribution in [0.3, 0.4) is 0 Å². The summed E-state index contributed by atoms with van der Waals surface area (Å²) in [5, 5.41) is 0. The largest absolute Gasteiger partial charge is 0.369 e.